The van der Waals surface area contributed by atoms with Crippen molar-refractivity contribution in [1.29, 1.82) is 0 Å². The van der Waals surface area contributed by atoms with E-state index < -0.39 is 5.60 Å². The Morgan fingerprint density at radius 1 is 1.33 bits per heavy atom. The molecule has 1 atom stereocenters. The fourth-order valence-electron chi connectivity index (χ4n) is 1.87. The fraction of sp³-hybridized carbons (Fsp3) is 0.500. The van der Waals surface area contributed by atoms with Crippen molar-refractivity contribution in [2.45, 2.75) is 32.6 Å². The van der Waals surface area contributed by atoms with E-state index in [1.807, 2.05) is 51.1 Å². The van der Waals surface area contributed by atoms with E-state index in [0.717, 1.165) is 5.56 Å². The van der Waals surface area contributed by atoms with Crippen molar-refractivity contribution in [2.24, 2.45) is 0 Å². The monoisotopic (exact) mass is 249 g/mol. The molecule has 1 saturated heterocycles. The number of benzene rings is 1. The Morgan fingerprint density at radius 3 is 2.61 bits per heavy atom. The molecule has 2 rings (SSSR count). The van der Waals surface area contributed by atoms with Gasteiger partial charge in [-0.05, 0) is 20.8 Å². The molecule has 0 radical (unpaired) electrons. The molecule has 1 unspecified atom stereocenters. The van der Waals surface area contributed by atoms with Gasteiger partial charge in [0.15, 0.2) is 6.23 Å². The molecular formula is C14H19NO3. The first-order chi connectivity index (χ1) is 8.47. The first-order valence-electron chi connectivity index (χ1n) is 6.13. The predicted octanol–water partition coefficient (Wildman–Crippen LogP) is 2.95. The summed E-state index contributed by atoms with van der Waals surface area (Å²) < 4.78 is 11.0. The van der Waals surface area contributed by atoms with Crippen LogP contribution in [0.2, 0.25) is 0 Å². The number of hydrogen-bond donors (Lipinski definition) is 0. The van der Waals surface area contributed by atoms with Gasteiger partial charge in [0.1, 0.15) is 5.60 Å². The summed E-state index contributed by atoms with van der Waals surface area (Å²) in [5, 5.41) is 0. The Hall–Kier alpha value is -1.55. The minimum Gasteiger partial charge on any atom is -0.444 e. The van der Waals surface area contributed by atoms with Gasteiger partial charge in [0, 0.05) is 5.56 Å². The van der Waals surface area contributed by atoms with Crippen molar-refractivity contribution in [1.82, 2.24) is 4.90 Å². The highest BCUT2D eigenvalue weighted by molar-refractivity contribution is 5.69. The van der Waals surface area contributed by atoms with E-state index in [0.29, 0.717) is 13.2 Å². The minimum absolute atomic E-state index is 0.325. The second kappa shape index (κ2) is 4.98. The van der Waals surface area contributed by atoms with E-state index >= 15 is 0 Å². The van der Waals surface area contributed by atoms with Crippen LogP contribution in [0, 0.1) is 0 Å². The van der Waals surface area contributed by atoms with Crippen molar-refractivity contribution in [3.05, 3.63) is 35.9 Å². The second-order valence-corrected chi connectivity index (χ2v) is 5.31. The third-order valence-corrected chi connectivity index (χ3v) is 2.60. The number of carbonyl (C=O) groups is 1. The summed E-state index contributed by atoms with van der Waals surface area (Å²) in [5.41, 5.74) is 0.488. The average Bonchev–Trinajstić information content (AvgIpc) is 2.76. The van der Waals surface area contributed by atoms with Gasteiger partial charge in [-0.2, -0.15) is 0 Å². The summed E-state index contributed by atoms with van der Waals surface area (Å²) in [5.74, 6) is 0. The number of rotatable bonds is 1. The Labute approximate surface area is 107 Å². The third kappa shape index (κ3) is 3.01. The van der Waals surface area contributed by atoms with E-state index in [2.05, 4.69) is 0 Å². The summed E-state index contributed by atoms with van der Waals surface area (Å²) in [6.45, 7) is 6.69. The van der Waals surface area contributed by atoms with E-state index in [1.165, 1.54) is 0 Å². The molecule has 1 aliphatic heterocycles. The van der Waals surface area contributed by atoms with Crippen LogP contribution in [0.3, 0.4) is 0 Å². The summed E-state index contributed by atoms with van der Waals surface area (Å²) in [4.78, 5) is 13.7. The van der Waals surface area contributed by atoms with E-state index in [9.17, 15) is 4.79 Å². The zero-order chi connectivity index (χ0) is 13.2. The summed E-state index contributed by atoms with van der Waals surface area (Å²) in [7, 11) is 0. The molecule has 1 aromatic carbocycles. The Kier molecular flexibility index (Phi) is 3.57. The molecule has 1 aliphatic rings. The smallest absolute Gasteiger partial charge is 0.412 e. The highest BCUT2D eigenvalue weighted by Gasteiger charge is 2.33. The van der Waals surface area contributed by atoms with Crippen molar-refractivity contribution >= 4 is 6.09 Å². The summed E-state index contributed by atoms with van der Waals surface area (Å²) in [6, 6.07) is 9.71. The molecule has 0 bridgehead atoms. The maximum Gasteiger partial charge on any atom is 0.412 e. The normalized spacial score (nSPS) is 19.9. The fourth-order valence-corrected chi connectivity index (χ4v) is 1.87. The Balaban J connectivity index is 2.11. The standard InChI is InChI=1S/C14H19NO3/c1-14(2,3)18-13(16)15-9-10-17-12(15)11-7-5-4-6-8-11/h4-8,12H,9-10H2,1-3H3. The highest BCUT2D eigenvalue weighted by Crippen LogP contribution is 2.28. The summed E-state index contributed by atoms with van der Waals surface area (Å²) >= 11 is 0. The lowest BCUT2D eigenvalue weighted by atomic mass is 10.2. The van der Waals surface area contributed by atoms with Crippen LogP contribution in [0.5, 0.6) is 0 Å². The lowest BCUT2D eigenvalue weighted by molar-refractivity contribution is -0.00978. The third-order valence-electron chi connectivity index (χ3n) is 2.60. The molecule has 1 heterocycles. The number of amides is 1. The molecule has 98 valence electrons. The van der Waals surface area contributed by atoms with Gasteiger partial charge in [-0.3, -0.25) is 4.90 Å². The van der Waals surface area contributed by atoms with Gasteiger partial charge in [0.25, 0.3) is 0 Å². The minimum atomic E-state index is -0.485. The Bertz CT molecular complexity index is 411. The van der Waals surface area contributed by atoms with Crippen LogP contribution < -0.4 is 0 Å². The van der Waals surface area contributed by atoms with Crippen molar-refractivity contribution in [2.75, 3.05) is 13.2 Å². The van der Waals surface area contributed by atoms with Crippen LogP contribution in [-0.4, -0.2) is 29.7 Å². The van der Waals surface area contributed by atoms with Gasteiger partial charge in [0.2, 0.25) is 0 Å². The molecule has 0 saturated carbocycles. The van der Waals surface area contributed by atoms with Crippen LogP contribution in [0.25, 0.3) is 0 Å². The molecule has 1 aromatic rings. The number of hydrogen-bond acceptors (Lipinski definition) is 3. The number of ether oxygens (including phenoxy) is 2. The quantitative estimate of drug-likeness (QED) is 0.768. The van der Waals surface area contributed by atoms with Crippen LogP contribution in [0.15, 0.2) is 30.3 Å². The van der Waals surface area contributed by atoms with E-state index in [-0.39, 0.29) is 12.3 Å². The second-order valence-electron chi connectivity index (χ2n) is 5.31. The maximum atomic E-state index is 12.1. The molecule has 4 nitrogen and oxygen atoms in total. The predicted molar refractivity (Wildman–Crippen MR) is 68.1 cm³/mol. The van der Waals surface area contributed by atoms with Crippen molar-refractivity contribution in [3.63, 3.8) is 0 Å². The first kappa shape index (κ1) is 12.9. The molecule has 0 aromatic heterocycles. The molecule has 0 aliphatic carbocycles. The SMILES string of the molecule is CC(C)(C)OC(=O)N1CCOC1c1ccccc1. The summed E-state index contributed by atoms with van der Waals surface area (Å²) in [6.07, 6.45) is -0.657. The zero-order valence-corrected chi connectivity index (χ0v) is 11.1. The van der Waals surface area contributed by atoms with Crippen LogP contribution in [0.1, 0.15) is 32.6 Å². The van der Waals surface area contributed by atoms with Gasteiger partial charge < -0.3 is 9.47 Å². The van der Waals surface area contributed by atoms with Gasteiger partial charge in [-0.15, -0.1) is 0 Å². The molecule has 4 heteroatoms. The van der Waals surface area contributed by atoms with Gasteiger partial charge in [-0.1, -0.05) is 30.3 Å². The average molecular weight is 249 g/mol. The molecule has 0 N–H and O–H groups in total. The topological polar surface area (TPSA) is 38.8 Å². The first-order valence-corrected chi connectivity index (χ1v) is 6.13. The lowest BCUT2D eigenvalue weighted by Gasteiger charge is -2.27. The number of carbonyl (C=O) groups excluding carboxylic acids is 1. The van der Waals surface area contributed by atoms with E-state index in [4.69, 9.17) is 9.47 Å². The Morgan fingerprint density at radius 2 is 2.00 bits per heavy atom. The van der Waals surface area contributed by atoms with Gasteiger partial charge >= 0.3 is 6.09 Å². The van der Waals surface area contributed by atoms with Gasteiger partial charge in [0.05, 0.1) is 13.2 Å². The van der Waals surface area contributed by atoms with Gasteiger partial charge in [-0.25, -0.2) is 4.79 Å². The molecule has 1 fully saturated rings. The van der Waals surface area contributed by atoms with Crippen molar-refractivity contribution < 1.29 is 14.3 Å². The maximum absolute atomic E-state index is 12.1. The van der Waals surface area contributed by atoms with Crippen molar-refractivity contribution in [3.8, 4) is 0 Å². The van der Waals surface area contributed by atoms with Crippen LogP contribution in [-0.2, 0) is 9.47 Å². The lowest BCUT2D eigenvalue weighted by Crippen LogP contribution is -2.36. The molecule has 1 amide bonds. The van der Waals surface area contributed by atoms with Crippen LogP contribution in [0.4, 0.5) is 4.79 Å². The molecule has 18 heavy (non-hydrogen) atoms. The number of nitrogens with zero attached hydrogens (tertiary/aromatic N) is 1. The van der Waals surface area contributed by atoms with E-state index in [1.54, 1.807) is 4.90 Å². The molecule has 0 spiro atoms. The molecular weight excluding hydrogens is 230 g/mol. The van der Waals surface area contributed by atoms with Crippen LogP contribution >= 0.6 is 0 Å². The highest BCUT2D eigenvalue weighted by atomic mass is 16.6. The zero-order valence-electron chi connectivity index (χ0n) is 11.1. The largest absolute Gasteiger partial charge is 0.444 e.